The number of nitrogens with zero attached hydrogens (tertiary/aromatic N) is 7. The highest BCUT2D eigenvalue weighted by Crippen LogP contribution is 2.54. The molecule has 4 N–H and O–H groups in total. The van der Waals surface area contributed by atoms with Crippen LogP contribution in [0.3, 0.4) is 0 Å². The molecule has 1 unspecified atom stereocenters. The molecule has 0 bridgehead atoms. The van der Waals surface area contributed by atoms with E-state index in [1.54, 1.807) is 13.2 Å². The molecule has 3 amide bonds. The number of hydrogen-bond donors (Lipinski definition) is 4. The average Bonchev–Trinajstić information content (AvgIpc) is 3.97. The number of piperazine rings is 1. The molecule has 2 saturated carbocycles. The lowest BCUT2D eigenvalue weighted by molar-refractivity contribution is -0.118. The fourth-order valence-corrected chi connectivity index (χ4v) is 9.54. The molecular weight excluding hydrogens is 763 g/mol. The molecule has 316 valence electrons. The van der Waals surface area contributed by atoms with E-state index in [4.69, 9.17) is 0 Å². The van der Waals surface area contributed by atoms with Gasteiger partial charge in [-0.2, -0.15) is 10.1 Å². The van der Waals surface area contributed by atoms with E-state index in [-0.39, 0.29) is 23.7 Å². The molecule has 0 radical (unpaired) electrons. The van der Waals surface area contributed by atoms with E-state index in [1.807, 2.05) is 29.7 Å². The number of piperidine rings is 1. The molecule has 14 nitrogen and oxygen atoms in total. The lowest BCUT2D eigenvalue weighted by atomic mass is 10.0. The first kappa shape index (κ1) is 42.4. The molecular formula is C44H61N11O3S. The second-order valence-electron chi connectivity index (χ2n) is 16.3. The Morgan fingerprint density at radius 2 is 1.66 bits per heavy atom. The maximum atomic E-state index is 12.2. The van der Waals surface area contributed by atoms with Gasteiger partial charge in [0.15, 0.2) is 5.82 Å². The third kappa shape index (κ3) is 10.5. The number of aryl methyl sites for hydroxylation is 1. The summed E-state index contributed by atoms with van der Waals surface area (Å²) in [6, 6.07) is 15.8. The number of hydrogen-bond acceptors (Lipinski definition) is 11. The summed E-state index contributed by atoms with van der Waals surface area (Å²) >= 11 is 1.91. The number of fused-ring (bicyclic) bond motifs is 3. The molecule has 9 rings (SSSR count). The zero-order valence-electron chi connectivity index (χ0n) is 35.0. The molecule has 3 aliphatic heterocycles. The maximum absolute atomic E-state index is 12.2. The van der Waals surface area contributed by atoms with Crippen LogP contribution in [0.1, 0.15) is 101 Å². The van der Waals surface area contributed by atoms with Crippen molar-refractivity contribution in [3.63, 3.8) is 0 Å². The van der Waals surface area contributed by atoms with E-state index in [1.165, 1.54) is 87.0 Å². The smallest absolute Gasteiger partial charge is 0.236 e. The van der Waals surface area contributed by atoms with Crippen LogP contribution in [-0.2, 0) is 26.8 Å². The Labute approximate surface area is 352 Å². The van der Waals surface area contributed by atoms with Gasteiger partial charge in [-0.3, -0.25) is 24.0 Å². The third-order valence-electron chi connectivity index (χ3n) is 12.2. The standard InChI is InChI=1S/C29H39N7O2S.C9H10N4O.C6H12/c1-22(23-7-6-8-25(19-23)39-36-13-4-3-5-14-36)34-15-17-35(18-16-34)24-9-10-26-27(20-24)33(2)32-29(26)31-28(38)11-12-30-21-37;1-10-8-11-4-5-6(13-8)12-7(14)9(5)2-3-9;1-2-4-6-5-3-1/h6-10,19-22H,3-5,11-18H2,1-2H3,(H,30,37)(H,31,32,38);4H,2-3H2,1H3,(H2,10,11,12,13,14);1-6H2. The predicted molar refractivity (Wildman–Crippen MR) is 237 cm³/mol. The highest BCUT2D eigenvalue weighted by Gasteiger charge is 2.57. The lowest BCUT2D eigenvalue weighted by Gasteiger charge is -2.39. The van der Waals surface area contributed by atoms with Crippen molar-refractivity contribution < 1.29 is 14.4 Å². The van der Waals surface area contributed by atoms with Crippen molar-refractivity contribution in [2.24, 2.45) is 7.05 Å². The van der Waals surface area contributed by atoms with Crippen LogP contribution in [0.15, 0.2) is 53.6 Å². The van der Waals surface area contributed by atoms with Crippen molar-refractivity contribution in [2.75, 3.05) is 73.7 Å². The number of carbonyl (C=O) groups excluding carboxylic acids is 3. The topological polar surface area (TPSA) is 153 Å². The molecule has 2 aromatic heterocycles. The summed E-state index contributed by atoms with van der Waals surface area (Å²) in [6.07, 6.45) is 17.4. The summed E-state index contributed by atoms with van der Waals surface area (Å²) in [6.45, 7) is 8.94. The number of carbonyl (C=O) groups is 3. The number of rotatable bonds is 11. The number of benzene rings is 2. The summed E-state index contributed by atoms with van der Waals surface area (Å²) < 4.78 is 4.32. The van der Waals surface area contributed by atoms with Gasteiger partial charge in [0.25, 0.3) is 0 Å². The van der Waals surface area contributed by atoms with Crippen LogP contribution in [0.2, 0.25) is 0 Å². The number of anilines is 4. The summed E-state index contributed by atoms with van der Waals surface area (Å²) in [7, 11) is 3.65. The van der Waals surface area contributed by atoms with Gasteiger partial charge in [0, 0.05) is 100 Å². The molecule has 1 spiro atoms. The van der Waals surface area contributed by atoms with E-state index in [0.717, 1.165) is 55.5 Å². The minimum Gasteiger partial charge on any atom is -0.369 e. The van der Waals surface area contributed by atoms with Crippen molar-refractivity contribution in [2.45, 2.75) is 100 Å². The summed E-state index contributed by atoms with van der Waals surface area (Å²) in [4.78, 5) is 48.9. The van der Waals surface area contributed by atoms with Crippen LogP contribution in [0.25, 0.3) is 10.9 Å². The van der Waals surface area contributed by atoms with E-state index >= 15 is 0 Å². The second-order valence-corrected chi connectivity index (χ2v) is 17.4. The van der Waals surface area contributed by atoms with Crippen LogP contribution >= 0.6 is 11.9 Å². The van der Waals surface area contributed by atoms with Gasteiger partial charge in [-0.25, -0.2) is 9.29 Å². The summed E-state index contributed by atoms with van der Waals surface area (Å²) in [5, 5.41) is 16.5. The second kappa shape index (κ2) is 20.0. The Bertz CT molecular complexity index is 2040. The summed E-state index contributed by atoms with van der Waals surface area (Å²) in [5.74, 6) is 1.67. The van der Waals surface area contributed by atoms with Gasteiger partial charge in [0.2, 0.25) is 24.2 Å². The minimum absolute atomic E-state index is 0.0788. The highest BCUT2D eigenvalue weighted by molar-refractivity contribution is 7.97. The SMILES string of the molecule is C1CCCCC1.CC(c1cccc(SN2CCCCC2)c1)N1CCN(c2ccc3c(NC(=O)CCNC=O)nn(C)c3c2)CC1.CNc1ncc2c(n1)NC(=O)C21CC1. The highest BCUT2D eigenvalue weighted by atomic mass is 32.2. The van der Waals surface area contributed by atoms with E-state index in [9.17, 15) is 14.4 Å². The molecule has 5 heterocycles. The Morgan fingerprint density at radius 3 is 2.34 bits per heavy atom. The first-order valence-corrected chi connectivity index (χ1v) is 22.4. The molecule has 59 heavy (non-hydrogen) atoms. The van der Waals surface area contributed by atoms with Gasteiger partial charge in [-0.1, -0.05) is 57.1 Å². The Morgan fingerprint density at radius 1 is 0.949 bits per heavy atom. The van der Waals surface area contributed by atoms with Gasteiger partial charge in [-0.15, -0.1) is 0 Å². The Hall–Kier alpha value is -4.73. The normalized spacial score (nSPS) is 19.0. The molecule has 2 aromatic carbocycles. The van der Waals surface area contributed by atoms with Crippen LogP contribution < -0.4 is 26.2 Å². The Kier molecular flexibility index (Phi) is 14.4. The quantitative estimate of drug-likeness (QED) is 0.0713. The Balaban J connectivity index is 0.000000213. The van der Waals surface area contributed by atoms with Crippen molar-refractivity contribution in [3.05, 3.63) is 59.8 Å². The van der Waals surface area contributed by atoms with Gasteiger partial charge in [0.1, 0.15) is 5.82 Å². The lowest BCUT2D eigenvalue weighted by Crippen LogP contribution is -2.47. The molecule has 2 aliphatic carbocycles. The number of nitrogens with one attached hydrogen (secondary N) is 4. The van der Waals surface area contributed by atoms with E-state index in [2.05, 4.69) is 93.8 Å². The third-order valence-corrected chi connectivity index (χ3v) is 13.3. The van der Waals surface area contributed by atoms with Crippen LogP contribution in [0, 0.1) is 0 Å². The minimum atomic E-state index is -0.276. The van der Waals surface area contributed by atoms with Gasteiger partial charge < -0.3 is 26.2 Å². The zero-order valence-corrected chi connectivity index (χ0v) is 35.8. The van der Waals surface area contributed by atoms with Crippen LogP contribution in [-0.4, -0.2) is 100 Å². The maximum Gasteiger partial charge on any atom is 0.236 e. The monoisotopic (exact) mass is 823 g/mol. The number of amides is 3. The van der Waals surface area contributed by atoms with Gasteiger partial charge in [0.05, 0.1) is 10.9 Å². The zero-order chi connectivity index (χ0) is 41.2. The summed E-state index contributed by atoms with van der Waals surface area (Å²) in [5.41, 5.74) is 4.22. The average molecular weight is 824 g/mol. The molecule has 2 saturated heterocycles. The van der Waals surface area contributed by atoms with Crippen molar-refractivity contribution in [1.82, 2.24) is 34.3 Å². The van der Waals surface area contributed by atoms with Gasteiger partial charge >= 0.3 is 0 Å². The first-order chi connectivity index (χ1) is 28.8. The van der Waals surface area contributed by atoms with Crippen LogP contribution in [0.4, 0.5) is 23.3 Å². The fourth-order valence-electron chi connectivity index (χ4n) is 8.47. The fraction of sp³-hybridized carbons (Fsp3) is 0.545. The molecule has 4 fully saturated rings. The van der Waals surface area contributed by atoms with Crippen LogP contribution in [0.5, 0.6) is 0 Å². The van der Waals surface area contributed by atoms with Crippen molar-refractivity contribution >= 4 is 64.3 Å². The molecule has 15 heteroatoms. The largest absolute Gasteiger partial charge is 0.369 e. The van der Waals surface area contributed by atoms with Crippen molar-refractivity contribution in [3.8, 4) is 0 Å². The molecule has 1 atom stereocenters. The van der Waals surface area contributed by atoms with Crippen molar-refractivity contribution in [1.29, 1.82) is 0 Å². The van der Waals surface area contributed by atoms with E-state index in [0.29, 0.717) is 36.6 Å². The first-order valence-electron chi connectivity index (χ1n) is 21.6. The predicted octanol–water partition coefficient (Wildman–Crippen LogP) is 6.87. The molecule has 4 aromatic rings. The molecule has 5 aliphatic rings. The van der Waals surface area contributed by atoms with Gasteiger partial charge in [-0.05, 0) is 80.5 Å². The van der Waals surface area contributed by atoms with E-state index < -0.39 is 0 Å². The number of aromatic nitrogens is 4.